The van der Waals surface area contributed by atoms with Crippen molar-refractivity contribution in [1.29, 1.82) is 0 Å². The van der Waals surface area contributed by atoms with Crippen LogP contribution in [0.4, 0.5) is 5.82 Å². The fourth-order valence-electron chi connectivity index (χ4n) is 2.09. The summed E-state index contributed by atoms with van der Waals surface area (Å²) in [7, 11) is 0. The van der Waals surface area contributed by atoms with Gasteiger partial charge in [-0.1, -0.05) is 29.9 Å². The minimum atomic E-state index is -0.247. The maximum atomic E-state index is 12.4. The molecule has 0 unspecified atom stereocenters. The molecule has 0 aliphatic heterocycles. The van der Waals surface area contributed by atoms with Crippen molar-refractivity contribution in [3.05, 3.63) is 42.4 Å². The Balaban J connectivity index is 1.75. The Morgan fingerprint density at radius 2 is 2.36 bits per heavy atom. The quantitative estimate of drug-likeness (QED) is 0.732. The van der Waals surface area contributed by atoms with Crippen molar-refractivity contribution in [2.24, 2.45) is 0 Å². The Bertz CT molecular complexity index is 796. The summed E-state index contributed by atoms with van der Waals surface area (Å²) in [6.45, 7) is 3.76. The second kappa shape index (κ2) is 6.23. The number of rotatable bonds is 5. The van der Waals surface area contributed by atoms with Crippen LogP contribution in [0.15, 0.2) is 46.3 Å². The van der Waals surface area contributed by atoms with E-state index in [0.717, 1.165) is 10.7 Å². The lowest BCUT2D eigenvalue weighted by molar-refractivity contribution is -0.115. The minimum absolute atomic E-state index is 0.103. The number of nitrogens with zero attached hydrogens (tertiary/aromatic N) is 3. The molecule has 0 bridgehead atoms. The number of fused-ring (bicyclic) bond motifs is 1. The molecule has 3 aromatic heterocycles. The summed E-state index contributed by atoms with van der Waals surface area (Å²) in [4.78, 5) is 16.8. The van der Waals surface area contributed by atoms with Crippen molar-refractivity contribution >= 4 is 29.0 Å². The highest BCUT2D eigenvalue weighted by Crippen LogP contribution is 2.26. The van der Waals surface area contributed by atoms with Crippen molar-refractivity contribution in [2.75, 3.05) is 5.32 Å². The number of pyridine rings is 1. The first-order valence-corrected chi connectivity index (χ1v) is 7.88. The normalized spacial score (nSPS) is 12.5. The van der Waals surface area contributed by atoms with E-state index in [1.54, 1.807) is 19.2 Å². The zero-order chi connectivity index (χ0) is 15.5. The zero-order valence-corrected chi connectivity index (χ0v) is 13.1. The van der Waals surface area contributed by atoms with Gasteiger partial charge in [-0.3, -0.25) is 9.20 Å². The highest BCUT2D eigenvalue weighted by atomic mass is 32.2. The molecule has 0 saturated carbocycles. The maximum Gasteiger partial charge on any atom is 0.239 e. The molecular weight excluding hydrogens is 300 g/mol. The Labute approximate surface area is 131 Å². The van der Waals surface area contributed by atoms with Crippen LogP contribution in [-0.4, -0.2) is 25.7 Å². The van der Waals surface area contributed by atoms with Gasteiger partial charge in [0, 0.05) is 12.3 Å². The van der Waals surface area contributed by atoms with Crippen LogP contribution in [0.5, 0.6) is 0 Å². The van der Waals surface area contributed by atoms with E-state index in [1.165, 1.54) is 11.8 Å². The summed E-state index contributed by atoms with van der Waals surface area (Å²) >= 11 is 1.44. The van der Waals surface area contributed by atoms with Crippen LogP contribution < -0.4 is 5.32 Å². The van der Waals surface area contributed by atoms with E-state index in [-0.39, 0.29) is 11.2 Å². The van der Waals surface area contributed by atoms with Crippen LogP contribution in [0.2, 0.25) is 0 Å². The fraction of sp³-hybridized carbons (Fsp3) is 0.267. The monoisotopic (exact) mass is 316 g/mol. The third kappa shape index (κ3) is 2.99. The van der Waals surface area contributed by atoms with Gasteiger partial charge in [0.2, 0.25) is 5.91 Å². The molecule has 3 aromatic rings. The topological polar surface area (TPSA) is 72.4 Å². The number of hydrogen-bond acceptors (Lipinski definition) is 5. The molecule has 0 aliphatic rings. The number of anilines is 1. The van der Waals surface area contributed by atoms with Gasteiger partial charge in [0.25, 0.3) is 0 Å². The minimum Gasteiger partial charge on any atom is -0.360 e. The zero-order valence-electron chi connectivity index (χ0n) is 12.3. The van der Waals surface area contributed by atoms with Crippen molar-refractivity contribution in [3.63, 3.8) is 0 Å². The molecule has 0 aromatic carbocycles. The van der Waals surface area contributed by atoms with Gasteiger partial charge in [-0.2, -0.15) is 0 Å². The van der Waals surface area contributed by atoms with Gasteiger partial charge < -0.3 is 9.84 Å². The van der Waals surface area contributed by atoms with Crippen LogP contribution >= 0.6 is 11.8 Å². The summed E-state index contributed by atoms with van der Waals surface area (Å²) in [6, 6.07) is 7.58. The fourth-order valence-corrected chi connectivity index (χ4v) is 3.07. The third-order valence-electron chi connectivity index (χ3n) is 3.19. The lowest BCUT2D eigenvalue weighted by Gasteiger charge is -2.12. The number of aromatic nitrogens is 3. The third-order valence-corrected chi connectivity index (χ3v) is 4.54. The highest BCUT2D eigenvalue weighted by molar-refractivity contribution is 8.00. The van der Waals surface area contributed by atoms with Gasteiger partial charge in [-0.15, -0.1) is 0 Å². The van der Waals surface area contributed by atoms with Gasteiger partial charge in [0.1, 0.15) is 5.76 Å². The lowest BCUT2D eigenvalue weighted by atomic mass is 10.3. The molecule has 3 heterocycles. The second-order valence-corrected chi connectivity index (χ2v) is 6.03. The van der Waals surface area contributed by atoms with E-state index >= 15 is 0 Å². The standard InChI is InChI=1S/C15H16N4O2S/c1-3-12(14(20)17-13-8-10(2)21-18-13)22-15-16-9-11-6-4-5-7-19(11)15/h4-9,12H,3H2,1-2H3,(H,17,18,20)/t12-/m0/s1. The molecule has 0 saturated heterocycles. The van der Waals surface area contributed by atoms with E-state index in [9.17, 15) is 4.79 Å². The largest absolute Gasteiger partial charge is 0.360 e. The number of carbonyl (C=O) groups is 1. The van der Waals surface area contributed by atoms with E-state index in [1.807, 2.05) is 35.7 Å². The molecule has 0 aliphatic carbocycles. The van der Waals surface area contributed by atoms with Crippen LogP contribution in [0, 0.1) is 6.92 Å². The number of carbonyl (C=O) groups excluding carboxylic acids is 1. The maximum absolute atomic E-state index is 12.4. The van der Waals surface area contributed by atoms with Gasteiger partial charge in [-0.25, -0.2) is 4.98 Å². The molecule has 1 N–H and O–H groups in total. The summed E-state index contributed by atoms with van der Waals surface area (Å²) < 4.78 is 6.93. The van der Waals surface area contributed by atoms with Crippen molar-refractivity contribution < 1.29 is 9.32 Å². The lowest BCUT2D eigenvalue weighted by Crippen LogP contribution is -2.25. The average Bonchev–Trinajstić information content (AvgIpc) is 3.11. The molecule has 0 spiro atoms. The van der Waals surface area contributed by atoms with Crippen LogP contribution in [0.25, 0.3) is 5.52 Å². The number of imidazole rings is 1. The first-order valence-electron chi connectivity index (χ1n) is 7.00. The smallest absolute Gasteiger partial charge is 0.239 e. The summed E-state index contributed by atoms with van der Waals surface area (Å²) in [5.41, 5.74) is 1.01. The van der Waals surface area contributed by atoms with Crippen molar-refractivity contribution in [1.82, 2.24) is 14.5 Å². The first kappa shape index (κ1) is 14.6. The SMILES string of the molecule is CC[C@H](Sc1ncc2ccccn12)C(=O)Nc1cc(C)on1. The molecule has 22 heavy (non-hydrogen) atoms. The predicted molar refractivity (Wildman–Crippen MR) is 85.0 cm³/mol. The molecule has 3 rings (SSSR count). The van der Waals surface area contributed by atoms with E-state index in [4.69, 9.17) is 4.52 Å². The molecule has 114 valence electrons. The van der Waals surface area contributed by atoms with Crippen molar-refractivity contribution in [3.8, 4) is 0 Å². The summed E-state index contributed by atoms with van der Waals surface area (Å²) in [6.07, 6.45) is 4.43. The summed E-state index contributed by atoms with van der Waals surface area (Å²) in [5.74, 6) is 0.998. The van der Waals surface area contributed by atoms with Gasteiger partial charge in [-0.05, 0) is 25.5 Å². The average molecular weight is 316 g/mol. The Morgan fingerprint density at radius 3 is 3.09 bits per heavy atom. The Morgan fingerprint density at radius 1 is 1.50 bits per heavy atom. The molecule has 7 heteroatoms. The molecule has 1 atom stereocenters. The first-order chi connectivity index (χ1) is 10.7. The van der Waals surface area contributed by atoms with Crippen LogP contribution in [-0.2, 0) is 4.79 Å². The second-order valence-electron chi connectivity index (χ2n) is 4.86. The Hall–Kier alpha value is -2.28. The van der Waals surface area contributed by atoms with Gasteiger partial charge in [0.15, 0.2) is 11.0 Å². The number of hydrogen-bond donors (Lipinski definition) is 1. The number of amides is 1. The van der Waals surface area contributed by atoms with Crippen LogP contribution in [0.1, 0.15) is 19.1 Å². The van der Waals surface area contributed by atoms with E-state index in [2.05, 4.69) is 15.5 Å². The van der Waals surface area contributed by atoms with Gasteiger partial charge >= 0.3 is 0 Å². The molecule has 6 nitrogen and oxygen atoms in total. The van der Waals surface area contributed by atoms with Gasteiger partial charge in [0.05, 0.1) is 17.0 Å². The van der Waals surface area contributed by atoms with Crippen LogP contribution in [0.3, 0.4) is 0 Å². The number of thioether (sulfide) groups is 1. The molecule has 1 amide bonds. The molecule has 0 radical (unpaired) electrons. The summed E-state index contributed by atoms with van der Waals surface area (Å²) in [5, 5.41) is 7.11. The van der Waals surface area contributed by atoms with E-state index in [0.29, 0.717) is 18.0 Å². The number of nitrogens with one attached hydrogen (secondary N) is 1. The molecular formula is C15H16N4O2S. The molecule has 0 fully saturated rings. The van der Waals surface area contributed by atoms with Crippen molar-refractivity contribution in [2.45, 2.75) is 30.7 Å². The Kier molecular flexibility index (Phi) is 4.15. The van der Waals surface area contributed by atoms with E-state index < -0.39 is 0 Å². The number of aryl methyl sites for hydroxylation is 1. The highest BCUT2D eigenvalue weighted by Gasteiger charge is 2.21. The predicted octanol–water partition coefficient (Wildman–Crippen LogP) is 3.14.